The summed E-state index contributed by atoms with van der Waals surface area (Å²) < 4.78 is 26.7. The first-order chi connectivity index (χ1) is 11.3. The van der Waals surface area contributed by atoms with Gasteiger partial charge in [-0.15, -0.1) is 11.3 Å². The van der Waals surface area contributed by atoms with E-state index in [-0.39, 0.29) is 19.0 Å². The quantitative estimate of drug-likeness (QED) is 0.866. The van der Waals surface area contributed by atoms with Crippen LogP contribution in [0.1, 0.15) is 23.1 Å². The van der Waals surface area contributed by atoms with E-state index < -0.39 is 17.7 Å². The van der Waals surface area contributed by atoms with Crippen molar-refractivity contribution in [2.24, 2.45) is 0 Å². The average Bonchev–Trinajstić information content (AvgIpc) is 2.81. The van der Waals surface area contributed by atoms with Gasteiger partial charge in [0, 0.05) is 31.0 Å². The highest BCUT2D eigenvalue weighted by atomic mass is 32.1. The fourth-order valence-electron chi connectivity index (χ4n) is 2.15. The second-order valence-electron chi connectivity index (χ2n) is 5.60. The standard InChI is InChI=1S/C16H19F2N3O2S/c1-9(22)8-21(3)16(23)20-15-19-10(2)14(24-15)6-11-4-5-12(17)7-13(11)18/h4-5,7,9,22H,6,8H2,1-3H3,(H,19,20,23). The third-order valence-corrected chi connectivity index (χ3v) is 4.43. The van der Waals surface area contributed by atoms with E-state index in [1.54, 1.807) is 20.9 Å². The van der Waals surface area contributed by atoms with Crippen LogP contribution in [0.3, 0.4) is 0 Å². The summed E-state index contributed by atoms with van der Waals surface area (Å²) in [6.45, 7) is 3.55. The number of amides is 2. The molecule has 1 aromatic carbocycles. The maximum absolute atomic E-state index is 13.8. The summed E-state index contributed by atoms with van der Waals surface area (Å²) in [5.74, 6) is -1.23. The van der Waals surface area contributed by atoms with E-state index in [1.807, 2.05) is 0 Å². The molecule has 1 atom stereocenters. The molecule has 8 heteroatoms. The maximum atomic E-state index is 13.8. The molecular formula is C16H19F2N3O2S. The van der Waals surface area contributed by atoms with Crippen molar-refractivity contribution in [3.8, 4) is 0 Å². The minimum atomic E-state index is -0.629. The Bertz CT molecular complexity index is 734. The molecule has 2 aromatic rings. The van der Waals surface area contributed by atoms with Gasteiger partial charge in [-0.1, -0.05) is 6.07 Å². The SMILES string of the molecule is Cc1nc(NC(=O)N(C)CC(C)O)sc1Cc1ccc(F)cc1F. The summed E-state index contributed by atoms with van der Waals surface area (Å²) >= 11 is 1.24. The van der Waals surface area contributed by atoms with Crippen molar-refractivity contribution >= 4 is 22.5 Å². The van der Waals surface area contributed by atoms with Gasteiger partial charge in [-0.3, -0.25) is 5.32 Å². The Morgan fingerprint density at radius 3 is 2.79 bits per heavy atom. The van der Waals surface area contributed by atoms with Gasteiger partial charge < -0.3 is 10.0 Å². The largest absolute Gasteiger partial charge is 0.392 e. The number of likely N-dealkylation sites (N-methyl/N-ethyl adjacent to an activating group) is 1. The molecule has 2 N–H and O–H groups in total. The second-order valence-corrected chi connectivity index (χ2v) is 6.68. The molecule has 0 aliphatic heterocycles. The maximum Gasteiger partial charge on any atom is 0.323 e. The number of benzene rings is 1. The first-order valence-electron chi connectivity index (χ1n) is 7.36. The molecule has 0 radical (unpaired) electrons. The fourth-order valence-corrected chi connectivity index (χ4v) is 3.13. The molecule has 1 heterocycles. The van der Waals surface area contributed by atoms with Crippen LogP contribution in [0.15, 0.2) is 18.2 Å². The van der Waals surface area contributed by atoms with E-state index >= 15 is 0 Å². The van der Waals surface area contributed by atoms with E-state index in [2.05, 4.69) is 10.3 Å². The average molecular weight is 355 g/mol. The van der Waals surface area contributed by atoms with Crippen molar-refractivity contribution in [3.63, 3.8) is 0 Å². The number of carbonyl (C=O) groups is 1. The molecule has 2 rings (SSSR count). The number of halogens is 2. The van der Waals surface area contributed by atoms with E-state index in [9.17, 15) is 18.7 Å². The van der Waals surface area contributed by atoms with Gasteiger partial charge in [-0.25, -0.2) is 18.6 Å². The lowest BCUT2D eigenvalue weighted by atomic mass is 10.1. The number of hydrogen-bond acceptors (Lipinski definition) is 4. The predicted octanol–water partition coefficient (Wildman–Crippen LogP) is 3.17. The lowest BCUT2D eigenvalue weighted by Gasteiger charge is -2.18. The van der Waals surface area contributed by atoms with Gasteiger partial charge in [0.15, 0.2) is 5.13 Å². The molecule has 1 aromatic heterocycles. The molecule has 24 heavy (non-hydrogen) atoms. The number of rotatable bonds is 5. The van der Waals surface area contributed by atoms with Crippen LogP contribution in [0.4, 0.5) is 18.7 Å². The van der Waals surface area contributed by atoms with Crippen LogP contribution in [0.2, 0.25) is 0 Å². The zero-order valence-corrected chi connectivity index (χ0v) is 14.5. The van der Waals surface area contributed by atoms with Gasteiger partial charge in [0.25, 0.3) is 0 Å². The number of hydrogen-bond donors (Lipinski definition) is 2. The van der Waals surface area contributed by atoms with Crippen molar-refractivity contribution in [3.05, 3.63) is 46.0 Å². The number of aryl methyl sites for hydroxylation is 1. The van der Waals surface area contributed by atoms with Crippen LogP contribution in [0, 0.1) is 18.6 Å². The van der Waals surface area contributed by atoms with Crippen LogP contribution < -0.4 is 5.32 Å². The molecule has 0 saturated heterocycles. The summed E-state index contributed by atoms with van der Waals surface area (Å²) in [6.07, 6.45) is -0.356. The Labute approximate surface area is 142 Å². The minimum absolute atomic E-state index is 0.198. The van der Waals surface area contributed by atoms with E-state index in [0.29, 0.717) is 16.4 Å². The van der Waals surface area contributed by atoms with Gasteiger partial charge in [0.05, 0.1) is 11.8 Å². The Hall–Kier alpha value is -2.06. The number of urea groups is 1. The topological polar surface area (TPSA) is 65.5 Å². The van der Waals surface area contributed by atoms with Crippen LogP contribution in [-0.2, 0) is 6.42 Å². The van der Waals surface area contributed by atoms with Crippen LogP contribution in [0.5, 0.6) is 0 Å². The van der Waals surface area contributed by atoms with Gasteiger partial charge in [-0.05, 0) is 25.5 Å². The Morgan fingerprint density at radius 1 is 1.46 bits per heavy atom. The summed E-state index contributed by atoms with van der Waals surface area (Å²) in [6, 6.07) is 3.07. The summed E-state index contributed by atoms with van der Waals surface area (Å²) in [7, 11) is 1.57. The van der Waals surface area contributed by atoms with Crippen LogP contribution >= 0.6 is 11.3 Å². The zero-order valence-electron chi connectivity index (χ0n) is 13.6. The molecule has 0 aliphatic rings. The highest BCUT2D eigenvalue weighted by molar-refractivity contribution is 7.15. The molecule has 0 fully saturated rings. The van der Waals surface area contributed by atoms with Crippen LogP contribution in [-0.4, -0.2) is 40.7 Å². The van der Waals surface area contributed by atoms with E-state index in [1.165, 1.54) is 28.4 Å². The number of anilines is 1. The van der Waals surface area contributed by atoms with Crippen molar-refractivity contribution in [1.82, 2.24) is 9.88 Å². The van der Waals surface area contributed by atoms with Gasteiger partial charge in [-0.2, -0.15) is 0 Å². The van der Waals surface area contributed by atoms with Gasteiger partial charge in [0.2, 0.25) is 0 Å². The van der Waals surface area contributed by atoms with E-state index in [0.717, 1.165) is 10.9 Å². The lowest BCUT2D eigenvalue weighted by molar-refractivity contribution is 0.149. The van der Waals surface area contributed by atoms with Crippen molar-refractivity contribution < 1.29 is 18.7 Å². The molecule has 5 nitrogen and oxygen atoms in total. The normalized spacial score (nSPS) is 12.1. The number of carbonyl (C=O) groups excluding carboxylic acids is 1. The number of aliphatic hydroxyl groups is 1. The first-order valence-corrected chi connectivity index (χ1v) is 8.18. The monoisotopic (exact) mass is 355 g/mol. The second kappa shape index (κ2) is 7.67. The van der Waals surface area contributed by atoms with Crippen molar-refractivity contribution in [2.45, 2.75) is 26.4 Å². The fraction of sp³-hybridized carbons (Fsp3) is 0.375. The molecule has 130 valence electrons. The highest BCUT2D eigenvalue weighted by Crippen LogP contribution is 2.26. The van der Waals surface area contributed by atoms with Crippen molar-refractivity contribution in [1.29, 1.82) is 0 Å². The van der Waals surface area contributed by atoms with E-state index in [4.69, 9.17) is 0 Å². The Kier molecular flexibility index (Phi) is 5.84. The third kappa shape index (κ3) is 4.72. The van der Waals surface area contributed by atoms with Crippen molar-refractivity contribution in [2.75, 3.05) is 18.9 Å². The Morgan fingerprint density at radius 2 is 2.17 bits per heavy atom. The zero-order chi connectivity index (χ0) is 17.9. The summed E-state index contributed by atoms with van der Waals surface area (Å²) in [5.41, 5.74) is 1.05. The van der Waals surface area contributed by atoms with Crippen LogP contribution in [0.25, 0.3) is 0 Å². The Balaban J connectivity index is 2.08. The smallest absolute Gasteiger partial charge is 0.323 e. The molecular weight excluding hydrogens is 336 g/mol. The van der Waals surface area contributed by atoms with Gasteiger partial charge >= 0.3 is 6.03 Å². The summed E-state index contributed by atoms with van der Waals surface area (Å²) in [4.78, 5) is 18.4. The third-order valence-electron chi connectivity index (χ3n) is 3.36. The number of aromatic nitrogens is 1. The molecule has 0 saturated carbocycles. The van der Waals surface area contributed by atoms with Gasteiger partial charge in [0.1, 0.15) is 11.6 Å². The molecule has 0 bridgehead atoms. The highest BCUT2D eigenvalue weighted by Gasteiger charge is 2.16. The lowest BCUT2D eigenvalue weighted by Crippen LogP contribution is -2.36. The molecule has 2 amide bonds. The number of nitrogens with one attached hydrogen (secondary N) is 1. The minimum Gasteiger partial charge on any atom is -0.392 e. The predicted molar refractivity (Wildman–Crippen MR) is 89.3 cm³/mol. The number of aliphatic hydroxyl groups excluding tert-OH is 1. The first kappa shape index (κ1) is 18.3. The molecule has 0 aliphatic carbocycles. The number of nitrogens with zero attached hydrogens (tertiary/aromatic N) is 2. The summed E-state index contributed by atoms with van der Waals surface area (Å²) in [5, 5.41) is 12.3. The molecule has 0 spiro atoms. The molecule has 1 unspecified atom stereocenters. The number of thiazole rings is 1.